The minimum atomic E-state index is -1.52. The monoisotopic (exact) mass is 608 g/mol. The number of carboxylic acids is 1. The molecule has 4 unspecified atom stereocenters. The first kappa shape index (κ1) is 31.6. The summed E-state index contributed by atoms with van der Waals surface area (Å²) in [6, 6.07) is 10.5. The van der Waals surface area contributed by atoms with E-state index in [4.69, 9.17) is 5.73 Å². The van der Waals surface area contributed by atoms with Crippen LogP contribution in [0.4, 0.5) is 0 Å². The number of aromatic nitrogens is 2. The summed E-state index contributed by atoms with van der Waals surface area (Å²) < 4.78 is 0. The van der Waals surface area contributed by atoms with Crippen molar-refractivity contribution in [3.05, 3.63) is 72.1 Å². The fraction of sp³-hybridized carbons (Fsp3) is 0.333. The van der Waals surface area contributed by atoms with E-state index in [0.717, 1.165) is 32.9 Å². The van der Waals surface area contributed by atoms with Crippen LogP contribution in [0, 0.1) is 0 Å². The summed E-state index contributed by atoms with van der Waals surface area (Å²) in [6.07, 6.45) is 5.93. The molecule has 0 saturated carbocycles. The van der Waals surface area contributed by atoms with Crippen molar-refractivity contribution in [1.82, 2.24) is 25.9 Å². The number of carbonyl (C=O) groups excluding carboxylic acids is 3. The van der Waals surface area contributed by atoms with Crippen LogP contribution in [0.2, 0.25) is 0 Å². The van der Waals surface area contributed by atoms with E-state index in [1.807, 2.05) is 54.8 Å². The van der Waals surface area contributed by atoms with E-state index in [1.165, 1.54) is 11.8 Å². The molecule has 12 nitrogen and oxygen atoms in total. The van der Waals surface area contributed by atoms with Crippen LogP contribution in [-0.2, 0) is 32.0 Å². The maximum Gasteiger partial charge on any atom is 0.328 e. The molecule has 0 aliphatic heterocycles. The number of rotatable bonds is 15. The molecule has 0 aliphatic rings. The van der Waals surface area contributed by atoms with E-state index in [-0.39, 0.29) is 19.3 Å². The molecule has 9 N–H and O–H groups in total. The highest BCUT2D eigenvalue weighted by Crippen LogP contribution is 2.21. The number of thioether (sulfide) groups is 1. The van der Waals surface area contributed by atoms with Crippen molar-refractivity contribution in [2.75, 3.05) is 18.6 Å². The summed E-state index contributed by atoms with van der Waals surface area (Å²) in [5.41, 5.74) is 9.73. The van der Waals surface area contributed by atoms with Gasteiger partial charge in [0.1, 0.15) is 18.1 Å². The average Bonchev–Trinajstić information content (AvgIpc) is 3.61. The first-order valence-electron chi connectivity index (χ1n) is 13.8. The summed E-state index contributed by atoms with van der Waals surface area (Å²) >= 11 is 1.45. The Hall–Kier alpha value is -4.33. The van der Waals surface area contributed by atoms with Gasteiger partial charge in [0.25, 0.3) is 0 Å². The molecule has 0 fully saturated rings. The number of aliphatic carboxylic acids is 1. The normalized spacial score (nSPS) is 14.1. The van der Waals surface area contributed by atoms with Crippen molar-refractivity contribution in [1.29, 1.82) is 0 Å². The van der Waals surface area contributed by atoms with Crippen molar-refractivity contribution in [3.8, 4) is 0 Å². The highest BCUT2D eigenvalue weighted by atomic mass is 32.2. The van der Waals surface area contributed by atoms with Gasteiger partial charge in [-0.2, -0.15) is 11.8 Å². The Morgan fingerprint density at radius 1 is 0.791 bits per heavy atom. The van der Waals surface area contributed by atoms with E-state index >= 15 is 0 Å². The minimum Gasteiger partial charge on any atom is -0.480 e. The molecule has 228 valence electrons. The van der Waals surface area contributed by atoms with Gasteiger partial charge < -0.3 is 41.9 Å². The molecule has 0 radical (unpaired) electrons. The number of benzene rings is 2. The summed E-state index contributed by atoms with van der Waals surface area (Å²) in [5, 5.41) is 28.2. The summed E-state index contributed by atoms with van der Waals surface area (Å²) in [4.78, 5) is 57.7. The maximum absolute atomic E-state index is 13.7. The maximum atomic E-state index is 13.7. The standard InChI is InChI=1S/C30H36N6O6S/c1-43-11-10-24(28(39)36-26(16-37)30(41)42)34-29(40)25(13-18-15-33-23-9-5-3-7-20(18)23)35-27(38)21(31)12-17-14-32-22-8-4-2-6-19(17)22/h2-9,14-15,21,24-26,32-33,37H,10-13,16,31H2,1H3,(H,34,40)(H,35,38)(H,36,39)(H,41,42). The smallest absolute Gasteiger partial charge is 0.328 e. The predicted octanol–water partition coefficient (Wildman–Crippen LogP) is 1.05. The Morgan fingerprint density at radius 2 is 1.30 bits per heavy atom. The molecule has 43 heavy (non-hydrogen) atoms. The molecular formula is C30H36N6O6S. The van der Waals surface area contributed by atoms with Gasteiger partial charge in [0.2, 0.25) is 17.7 Å². The number of amides is 3. The largest absolute Gasteiger partial charge is 0.480 e. The van der Waals surface area contributed by atoms with Gasteiger partial charge in [0.05, 0.1) is 12.6 Å². The number of nitrogens with two attached hydrogens (primary N) is 1. The molecule has 2 heterocycles. The molecule has 2 aromatic heterocycles. The quantitative estimate of drug-likeness (QED) is 0.0978. The number of hydrogen-bond acceptors (Lipinski definition) is 7. The van der Waals surface area contributed by atoms with Crippen LogP contribution in [0.25, 0.3) is 21.8 Å². The van der Waals surface area contributed by atoms with Crippen LogP contribution in [-0.4, -0.2) is 86.7 Å². The van der Waals surface area contributed by atoms with Crippen LogP contribution in [0.1, 0.15) is 17.5 Å². The molecule has 0 saturated heterocycles. The van der Waals surface area contributed by atoms with E-state index in [0.29, 0.717) is 5.75 Å². The van der Waals surface area contributed by atoms with Crippen molar-refractivity contribution in [3.63, 3.8) is 0 Å². The highest BCUT2D eigenvalue weighted by molar-refractivity contribution is 7.98. The highest BCUT2D eigenvalue weighted by Gasteiger charge is 2.31. The van der Waals surface area contributed by atoms with E-state index < -0.39 is 54.5 Å². The zero-order chi connectivity index (χ0) is 30.9. The van der Waals surface area contributed by atoms with Crippen LogP contribution >= 0.6 is 11.8 Å². The third-order valence-electron chi connectivity index (χ3n) is 7.22. The van der Waals surface area contributed by atoms with Crippen molar-refractivity contribution in [2.24, 2.45) is 5.73 Å². The number of hydrogen-bond donors (Lipinski definition) is 8. The zero-order valence-electron chi connectivity index (χ0n) is 23.6. The summed E-state index contributed by atoms with van der Waals surface area (Å²) in [7, 11) is 0. The Morgan fingerprint density at radius 3 is 1.86 bits per heavy atom. The predicted molar refractivity (Wildman–Crippen MR) is 165 cm³/mol. The molecule has 0 spiro atoms. The lowest BCUT2D eigenvalue weighted by Crippen LogP contribution is -2.58. The third-order valence-corrected chi connectivity index (χ3v) is 7.87. The molecular weight excluding hydrogens is 572 g/mol. The number of carbonyl (C=O) groups is 4. The van der Waals surface area contributed by atoms with Crippen molar-refractivity contribution in [2.45, 2.75) is 43.4 Å². The first-order chi connectivity index (χ1) is 20.7. The van der Waals surface area contributed by atoms with Crippen LogP contribution in [0.3, 0.4) is 0 Å². The van der Waals surface area contributed by atoms with Gasteiger partial charge in [-0.05, 0) is 48.1 Å². The lowest BCUT2D eigenvalue weighted by atomic mass is 10.0. The van der Waals surface area contributed by atoms with Gasteiger partial charge >= 0.3 is 5.97 Å². The second kappa shape index (κ2) is 14.7. The molecule has 0 aliphatic carbocycles. The van der Waals surface area contributed by atoms with E-state index in [1.54, 1.807) is 12.4 Å². The molecule has 4 aromatic rings. The first-order valence-corrected chi connectivity index (χ1v) is 15.2. The minimum absolute atomic E-state index is 0.104. The summed E-state index contributed by atoms with van der Waals surface area (Å²) in [5.74, 6) is -2.84. The van der Waals surface area contributed by atoms with Gasteiger partial charge in [-0.15, -0.1) is 0 Å². The number of H-pyrrole nitrogens is 2. The fourth-order valence-corrected chi connectivity index (χ4v) is 5.34. The Balaban J connectivity index is 1.54. The Bertz CT molecular complexity index is 1590. The van der Waals surface area contributed by atoms with Gasteiger partial charge in [-0.3, -0.25) is 14.4 Å². The number of fused-ring (bicyclic) bond motifs is 2. The SMILES string of the molecule is CSCCC(NC(=O)C(Cc1c[nH]c2ccccc12)NC(=O)C(N)Cc1c[nH]c2ccccc12)C(=O)NC(CO)C(=O)O. The zero-order valence-corrected chi connectivity index (χ0v) is 24.4. The van der Waals surface area contributed by atoms with Crippen molar-refractivity contribution < 1.29 is 29.4 Å². The number of para-hydroxylation sites is 2. The average molecular weight is 609 g/mol. The lowest BCUT2D eigenvalue weighted by molar-refractivity contribution is -0.143. The van der Waals surface area contributed by atoms with Gasteiger partial charge in [-0.1, -0.05) is 36.4 Å². The number of aliphatic hydroxyl groups excluding tert-OH is 1. The Kier molecular flexibility index (Phi) is 10.8. The number of nitrogens with one attached hydrogen (secondary N) is 5. The van der Waals surface area contributed by atoms with Crippen LogP contribution in [0.5, 0.6) is 0 Å². The number of aromatic amines is 2. The number of carboxylic acid groups (broad SMARTS) is 1. The second-order valence-corrected chi connectivity index (χ2v) is 11.2. The molecule has 0 bridgehead atoms. The van der Waals surface area contributed by atoms with Gasteiger partial charge in [0, 0.05) is 40.6 Å². The van der Waals surface area contributed by atoms with Crippen LogP contribution in [0.15, 0.2) is 60.9 Å². The molecule has 4 rings (SSSR count). The van der Waals surface area contributed by atoms with E-state index in [9.17, 15) is 29.4 Å². The second-order valence-electron chi connectivity index (χ2n) is 10.2. The van der Waals surface area contributed by atoms with Crippen LogP contribution < -0.4 is 21.7 Å². The van der Waals surface area contributed by atoms with Gasteiger partial charge in [0.15, 0.2) is 0 Å². The molecule has 2 aromatic carbocycles. The van der Waals surface area contributed by atoms with Crippen molar-refractivity contribution >= 4 is 57.3 Å². The third kappa shape index (κ3) is 7.95. The molecule has 3 amide bonds. The Labute approximate surface area is 252 Å². The van der Waals surface area contributed by atoms with E-state index in [2.05, 4.69) is 25.9 Å². The molecule has 4 atom stereocenters. The fourth-order valence-electron chi connectivity index (χ4n) is 4.87. The van der Waals surface area contributed by atoms with Gasteiger partial charge in [-0.25, -0.2) is 4.79 Å². The molecule has 13 heteroatoms. The lowest BCUT2D eigenvalue weighted by Gasteiger charge is -2.25. The number of aliphatic hydroxyl groups is 1. The topological polar surface area (TPSA) is 202 Å². The summed E-state index contributed by atoms with van der Waals surface area (Å²) in [6.45, 7) is -0.808.